The van der Waals surface area contributed by atoms with Crippen LogP contribution in [0, 0.1) is 0 Å². The first kappa shape index (κ1) is 13.6. The van der Waals surface area contributed by atoms with E-state index in [2.05, 4.69) is 0 Å². The van der Waals surface area contributed by atoms with Gasteiger partial charge in [0.05, 0.1) is 11.7 Å². The molecule has 2 fully saturated rings. The van der Waals surface area contributed by atoms with Crippen LogP contribution in [0.4, 0.5) is 0 Å². The van der Waals surface area contributed by atoms with Crippen molar-refractivity contribution in [2.45, 2.75) is 31.6 Å². The molecule has 0 spiro atoms. The fraction of sp³-hybridized carbons (Fsp3) is 0.500. The molecule has 1 aromatic carbocycles. The standard InChI is InChI=1S/C16H18N2O4/c19-11-5-7-17(9-11)15(20)10-3-4-12-13(8-10)22-14-2-1-6-18(14)16(12)21/h3-4,8,11,14,19H,1-2,5-7,9H2. The second kappa shape index (κ2) is 4.98. The third-order valence-electron chi connectivity index (χ3n) is 4.63. The number of amides is 2. The third kappa shape index (κ3) is 2.06. The highest BCUT2D eigenvalue weighted by Crippen LogP contribution is 2.33. The Balaban J connectivity index is 1.62. The van der Waals surface area contributed by atoms with Gasteiger partial charge < -0.3 is 19.6 Å². The summed E-state index contributed by atoms with van der Waals surface area (Å²) in [5, 5.41) is 9.56. The number of hydrogen-bond acceptors (Lipinski definition) is 4. The minimum atomic E-state index is -0.438. The maximum Gasteiger partial charge on any atom is 0.260 e. The summed E-state index contributed by atoms with van der Waals surface area (Å²) in [6.45, 7) is 1.66. The second-order valence-corrected chi connectivity index (χ2v) is 6.12. The molecule has 0 aromatic heterocycles. The molecule has 1 aromatic rings. The number of rotatable bonds is 1. The topological polar surface area (TPSA) is 70.1 Å². The minimum Gasteiger partial charge on any atom is -0.470 e. The summed E-state index contributed by atoms with van der Waals surface area (Å²) in [7, 11) is 0. The van der Waals surface area contributed by atoms with Crippen LogP contribution in [0.15, 0.2) is 18.2 Å². The van der Waals surface area contributed by atoms with Crippen molar-refractivity contribution in [3.8, 4) is 5.75 Å². The molecule has 2 unspecified atom stereocenters. The lowest BCUT2D eigenvalue weighted by Gasteiger charge is -2.31. The molecule has 116 valence electrons. The van der Waals surface area contributed by atoms with Crippen LogP contribution in [0.2, 0.25) is 0 Å². The van der Waals surface area contributed by atoms with E-state index < -0.39 is 6.10 Å². The first-order valence-electron chi connectivity index (χ1n) is 7.72. The van der Waals surface area contributed by atoms with Crippen LogP contribution in [-0.4, -0.2) is 58.7 Å². The highest BCUT2D eigenvalue weighted by molar-refractivity contribution is 6.01. The summed E-state index contributed by atoms with van der Waals surface area (Å²) in [4.78, 5) is 28.2. The van der Waals surface area contributed by atoms with Crippen molar-refractivity contribution in [1.82, 2.24) is 9.80 Å². The Kier molecular flexibility index (Phi) is 3.07. The normalized spacial score (nSPS) is 26.7. The van der Waals surface area contributed by atoms with Crippen molar-refractivity contribution in [3.05, 3.63) is 29.3 Å². The van der Waals surface area contributed by atoms with E-state index in [0.717, 1.165) is 19.4 Å². The Labute approximate surface area is 128 Å². The summed E-state index contributed by atoms with van der Waals surface area (Å²) < 4.78 is 5.89. The molecule has 0 radical (unpaired) electrons. The lowest BCUT2D eigenvalue weighted by atomic mass is 10.1. The van der Waals surface area contributed by atoms with Crippen LogP contribution in [0.3, 0.4) is 0 Å². The van der Waals surface area contributed by atoms with Crippen molar-refractivity contribution in [2.24, 2.45) is 0 Å². The number of fused-ring (bicyclic) bond motifs is 2. The fourth-order valence-corrected chi connectivity index (χ4v) is 3.43. The van der Waals surface area contributed by atoms with Crippen LogP contribution < -0.4 is 4.74 Å². The van der Waals surface area contributed by atoms with E-state index in [1.807, 2.05) is 0 Å². The van der Waals surface area contributed by atoms with E-state index >= 15 is 0 Å². The Morgan fingerprint density at radius 2 is 2.14 bits per heavy atom. The van der Waals surface area contributed by atoms with Gasteiger partial charge in [-0.05, 0) is 31.0 Å². The van der Waals surface area contributed by atoms with Gasteiger partial charge >= 0.3 is 0 Å². The average Bonchev–Trinajstić information content (AvgIpc) is 3.15. The number of nitrogens with zero attached hydrogens (tertiary/aromatic N) is 2. The Morgan fingerprint density at radius 1 is 1.27 bits per heavy atom. The molecule has 6 nitrogen and oxygen atoms in total. The zero-order chi connectivity index (χ0) is 15.3. The average molecular weight is 302 g/mol. The molecule has 3 aliphatic rings. The highest BCUT2D eigenvalue weighted by Gasteiger charge is 2.37. The third-order valence-corrected chi connectivity index (χ3v) is 4.63. The van der Waals surface area contributed by atoms with Gasteiger partial charge in [0.25, 0.3) is 11.8 Å². The van der Waals surface area contributed by atoms with Gasteiger partial charge in [0.1, 0.15) is 5.75 Å². The Morgan fingerprint density at radius 3 is 2.91 bits per heavy atom. The quantitative estimate of drug-likeness (QED) is 0.835. The first-order chi connectivity index (χ1) is 10.6. The summed E-state index contributed by atoms with van der Waals surface area (Å²) in [5.74, 6) is 0.363. The van der Waals surface area contributed by atoms with E-state index in [4.69, 9.17) is 4.74 Å². The molecule has 3 aliphatic heterocycles. The van der Waals surface area contributed by atoms with Crippen LogP contribution in [-0.2, 0) is 0 Å². The van der Waals surface area contributed by atoms with Gasteiger partial charge in [-0.1, -0.05) is 0 Å². The molecule has 0 saturated carbocycles. The maximum atomic E-state index is 12.5. The Hall–Kier alpha value is -2.08. The predicted molar refractivity (Wildman–Crippen MR) is 77.7 cm³/mol. The monoisotopic (exact) mass is 302 g/mol. The molecule has 6 heteroatoms. The van der Waals surface area contributed by atoms with Crippen LogP contribution in [0.1, 0.15) is 40.0 Å². The molecule has 4 rings (SSSR count). The van der Waals surface area contributed by atoms with Crippen molar-refractivity contribution < 1.29 is 19.4 Å². The molecule has 2 saturated heterocycles. The molecule has 1 N–H and O–H groups in total. The van der Waals surface area contributed by atoms with Crippen molar-refractivity contribution in [1.29, 1.82) is 0 Å². The number of likely N-dealkylation sites (tertiary alicyclic amines) is 1. The summed E-state index contributed by atoms with van der Waals surface area (Å²) in [5.41, 5.74) is 1.03. The van der Waals surface area contributed by atoms with E-state index in [9.17, 15) is 14.7 Å². The minimum absolute atomic E-state index is 0.0145. The Bertz CT molecular complexity index is 645. The van der Waals surface area contributed by atoms with Gasteiger partial charge in [-0.15, -0.1) is 0 Å². The molecule has 0 bridgehead atoms. The van der Waals surface area contributed by atoms with Crippen LogP contribution >= 0.6 is 0 Å². The van der Waals surface area contributed by atoms with E-state index in [1.165, 1.54) is 0 Å². The SMILES string of the molecule is O=C(c1ccc2c(c1)OC1CCCN1C2=O)N1CCC(O)C1. The van der Waals surface area contributed by atoms with Crippen LogP contribution in [0.25, 0.3) is 0 Å². The zero-order valence-corrected chi connectivity index (χ0v) is 12.2. The van der Waals surface area contributed by atoms with Gasteiger partial charge in [0, 0.05) is 31.6 Å². The van der Waals surface area contributed by atoms with Gasteiger partial charge in [-0.25, -0.2) is 0 Å². The van der Waals surface area contributed by atoms with Gasteiger partial charge in [0.2, 0.25) is 0 Å². The number of carbonyl (C=O) groups is 2. The van der Waals surface area contributed by atoms with Crippen molar-refractivity contribution >= 4 is 11.8 Å². The molecule has 2 amide bonds. The molecule has 22 heavy (non-hydrogen) atoms. The molecule has 0 aliphatic carbocycles. The van der Waals surface area contributed by atoms with E-state index in [-0.39, 0.29) is 18.0 Å². The number of hydrogen-bond donors (Lipinski definition) is 1. The number of benzene rings is 1. The second-order valence-electron chi connectivity index (χ2n) is 6.12. The number of carbonyl (C=O) groups excluding carboxylic acids is 2. The lowest BCUT2D eigenvalue weighted by Crippen LogP contribution is -2.43. The van der Waals surface area contributed by atoms with Crippen molar-refractivity contribution in [2.75, 3.05) is 19.6 Å². The highest BCUT2D eigenvalue weighted by atomic mass is 16.5. The van der Waals surface area contributed by atoms with Gasteiger partial charge in [0.15, 0.2) is 6.23 Å². The van der Waals surface area contributed by atoms with Gasteiger partial charge in [-0.2, -0.15) is 0 Å². The largest absolute Gasteiger partial charge is 0.470 e. The van der Waals surface area contributed by atoms with Gasteiger partial charge in [-0.3, -0.25) is 9.59 Å². The number of aliphatic hydroxyl groups is 1. The fourth-order valence-electron chi connectivity index (χ4n) is 3.43. The summed E-state index contributed by atoms with van der Waals surface area (Å²) >= 11 is 0. The summed E-state index contributed by atoms with van der Waals surface area (Å²) in [6, 6.07) is 5.01. The maximum absolute atomic E-state index is 12.5. The molecule has 3 heterocycles. The predicted octanol–water partition coefficient (Wildman–Crippen LogP) is 0.848. The smallest absolute Gasteiger partial charge is 0.260 e. The zero-order valence-electron chi connectivity index (χ0n) is 12.2. The molecule has 2 atom stereocenters. The van der Waals surface area contributed by atoms with E-state index in [0.29, 0.717) is 36.4 Å². The number of β-amino-alcohol motifs (C(OH)–C–C–N with tert-alkyl or cyclic N) is 1. The molecular weight excluding hydrogens is 284 g/mol. The first-order valence-corrected chi connectivity index (χ1v) is 7.72. The van der Waals surface area contributed by atoms with Crippen molar-refractivity contribution in [3.63, 3.8) is 0 Å². The number of aliphatic hydroxyl groups excluding tert-OH is 1. The number of ether oxygens (including phenoxy) is 1. The van der Waals surface area contributed by atoms with Crippen LogP contribution in [0.5, 0.6) is 5.75 Å². The molecular formula is C16H18N2O4. The van der Waals surface area contributed by atoms with E-state index in [1.54, 1.807) is 28.0 Å². The summed E-state index contributed by atoms with van der Waals surface area (Å²) in [6.07, 6.45) is 1.76. The lowest BCUT2D eigenvalue weighted by molar-refractivity contribution is 0.0292.